The Balaban J connectivity index is 3.55. The molecule has 0 aromatic rings. The van der Waals surface area contributed by atoms with E-state index in [1.807, 2.05) is 5.09 Å². The Labute approximate surface area is 47.6 Å². The van der Waals surface area contributed by atoms with Gasteiger partial charge in [0.1, 0.15) is 0 Å². The van der Waals surface area contributed by atoms with Crippen molar-refractivity contribution in [3.8, 4) is 0 Å². The second-order valence-corrected chi connectivity index (χ2v) is 1.88. The van der Waals surface area contributed by atoms with Crippen LogP contribution in [-0.4, -0.2) is 5.91 Å². The molecule has 0 saturated heterocycles. The molecule has 0 aromatic carbocycles. The van der Waals surface area contributed by atoms with Crippen LogP contribution in [0.25, 0.3) is 0 Å². The third-order valence-electron chi connectivity index (χ3n) is 0.406. The van der Waals surface area contributed by atoms with Crippen LogP contribution in [-0.2, 0) is 9.36 Å². The van der Waals surface area contributed by atoms with Gasteiger partial charge in [-0.05, 0) is 10.6 Å². The summed E-state index contributed by atoms with van der Waals surface area (Å²) in [5.41, 5.74) is 4.70. The summed E-state index contributed by atoms with van der Waals surface area (Å²) in [6.07, 6.45) is 1.00. The summed E-state index contributed by atoms with van der Waals surface area (Å²) in [6, 6.07) is 0. The van der Waals surface area contributed by atoms with Crippen LogP contribution in [0.3, 0.4) is 0 Å². The normalized spacial score (nSPS) is 9.88. The smallest absolute Gasteiger partial charge is 0.266 e. The Morgan fingerprint density at radius 3 is 2.50 bits per heavy atom. The van der Waals surface area contributed by atoms with Crippen LogP contribution in [0.1, 0.15) is 0 Å². The fourth-order valence-electron chi connectivity index (χ4n) is 0.154. The van der Waals surface area contributed by atoms with Crippen molar-refractivity contribution in [3.05, 3.63) is 12.7 Å². The summed E-state index contributed by atoms with van der Waals surface area (Å²) in [5.74, 6) is -0.520. The number of hydrogen-bond acceptors (Lipinski definition) is 2. The van der Waals surface area contributed by atoms with Crippen LogP contribution in [0.2, 0.25) is 0 Å². The molecule has 0 aliphatic carbocycles. The van der Waals surface area contributed by atoms with Gasteiger partial charge in [-0.25, -0.2) is 0 Å². The van der Waals surface area contributed by atoms with E-state index in [1.54, 1.807) is 0 Å². The predicted molar refractivity (Wildman–Crippen MR) is 30.1 cm³/mol. The Bertz CT molecular complexity index is 133. The monoisotopic (exact) mass is 133 g/mol. The van der Waals surface area contributed by atoms with E-state index in [2.05, 4.69) is 6.58 Å². The van der Waals surface area contributed by atoms with Gasteiger partial charge < -0.3 is 0 Å². The third-order valence-corrected chi connectivity index (χ3v) is 0.847. The zero-order chi connectivity index (χ0) is 6.57. The van der Waals surface area contributed by atoms with Gasteiger partial charge >= 0.3 is 8.10 Å². The molecule has 0 saturated carbocycles. The van der Waals surface area contributed by atoms with Crippen LogP contribution >= 0.6 is 8.10 Å². The molecule has 0 aliphatic rings. The lowest BCUT2D eigenvalue weighted by atomic mass is 10.6. The number of amides is 1. The van der Waals surface area contributed by atoms with E-state index >= 15 is 0 Å². The Morgan fingerprint density at radius 1 is 1.88 bits per heavy atom. The van der Waals surface area contributed by atoms with Crippen molar-refractivity contribution >= 4 is 14.0 Å². The van der Waals surface area contributed by atoms with Crippen LogP contribution in [0.4, 0.5) is 0 Å². The minimum atomic E-state index is -2.07. The highest BCUT2D eigenvalue weighted by Crippen LogP contribution is 1.96. The maximum atomic E-state index is 10.1. The number of rotatable bonds is 2. The van der Waals surface area contributed by atoms with Crippen molar-refractivity contribution in [2.24, 2.45) is 5.50 Å². The quantitative estimate of drug-likeness (QED) is 0.408. The first-order valence-corrected chi connectivity index (χ1v) is 3.14. The second-order valence-electron chi connectivity index (χ2n) is 1.01. The van der Waals surface area contributed by atoms with Crippen molar-refractivity contribution in [2.75, 3.05) is 0 Å². The molecule has 3 N–H and O–H groups in total. The lowest BCUT2D eigenvalue weighted by Crippen LogP contribution is -2.14. The topological polar surface area (TPSA) is 72.2 Å². The molecular weight excluding hydrogens is 127 g/mol. The molecule has 1 amide bonds. The zero-order valence-electron chi connectivity index (χ0n) is 4.13. The van der Waals surface area contributed by atoms with Gasteiger partial charge in [-0.1, -0.05) is 12.1 Å². The van der Waals surface area contributed by atoms with Crippen LogP contribution in [0, 0.1) is 0 Å². The number of carbonyl (C=O) groups is 1. The molecule has 0 heterocycles. The average Bonchev–Trinajstić information content (AvgIpc) is 1.65. The second kappa shape index (κ2) is 3.29. The van der Waals surface area contributed by atoms with Gasteiger partial charge in [-0.15, -0.1) is 5.09 Å². The first kappa shape index (κ1) is 7.27. The lowest BCUT2D eigenvalue weighted by Gasteiger charge is -1.77. The van der Waals surface area contributed by atoms with Gasteiger partial charge in [0.15, 0.2) is 0 Å². The van der Waals surface area contributed by atoms with Crippen molar-refractivity contribution in [3.63, 3.8) is 0 Å². The summed E-state index contributed by atoms with van der Waals surface area (Å²) in [7, 11) is -2.07. The van der Waals surface area contributed by atoms with Crippen molar-refractivity contribution in [2.45, 2.75) is 0 Å². The highest BCUT2D eigenvalue weighted by molar-refractivity contribution is 7.40. The van der Waals surface area contributed by atoms with Crippen LogP contribution < -0.4 is 10.6 Å². The van der Waals surface area contributed by atoms with E-state index in [1.165, 1.54) is 0 Å². The van der Waals surface area contributed by atoms with Gasteiger partial charge in [0, 0.05) is 0 Å². The molecule has 0 bridgehead atoms. The SMILES string of the molecule is C=CC(=O)N[P+](N)=O. The first-order chi connectivity index (χ1) is 3.66. The summed E-state index contributed by atoms with van der Waals surface area (Å²) >= 11 is 0. The molecule has 4 nitrogen and oxygen atoms in total. The molecule has 5 heteroatoms. The largest absolute Gasteiger partial charge is 0.561 e. The fourth-order valence-corrected chi connectivity index (χ4v) is 0.463. The predicted octanol–water partition coefficient (Wildman–Crippen LogP) is -0.0953. The molecule has 0 radical (unpaired) electrons. The molecule has 0 aromatic heterocycles. The van der Waals surface area contributed by atoms with Crippen molar-refractivity contribution in [1.29, 1.82) is 0 Å². The molecule has 1 atom stereocenters. The molecule has 1 unspecified atom stereocenters. The molecule has 8 heavy (non-hydrogen) atoms. The number of nitrogens with one attached hydrogen (secondary N) is 1. The highest BCUT2D eigenvalue weighted by atomic mass is 31.1. The molecule has 44 valence electrons. The minimum absolute atomic E-state index is 0.520. The van der Waals surface area contributed by atoms with Gasteiger partial charge in [-0.2, -0.15) is 0 Å². The van der Waals surface area contributed by atoms with Gasteiger partial charge in [-0.3, -0.25) is 4.79 Å². The Hall–Kier alpha value is -0.730. The molecule has 0 fully saturated rings. The van der Waals surface area contributed by atoms with E-state index in [-0.39, 0.29) is 0 Å². The average molecular weight is 133 g/mol. The van der Waals surface area contributed by atoms with Gasteiger partial charge in [0.2, 0.25) is 0 Å². The number of carbonyl (C=O) groups excluding carboxylic acids is 1. The number of hydrogen-bond donors (Lipinski definition) is 2. The van der Waals surface area contributed by atoms with Crippen molar-refractivity contribution < 1.29 is 9.36 Å². The molecule has 0 spiro atoms. The molecular formula is C3H6N2O2P+. The third kappa shape index (κ3) is 3.46. The van der Waals surface area contributed by atoms with Crippen LogP contribution in [0.5, 0.6) is 0 Å². The van der Waals surface area contributed by atoms with E-state index in [9.17, 15) is 9.36 Å². The van der Waals surface area contributed by atoms with Crippen molar-refractivity contribution in [1.82, 2.24) is 5.09 Å². The first-order valence-electron chi connectivity index (χ1n) is 1.82. The number of nitrogens with two attached hydrogens (primary N) is 1. The summed E-state index contributed by atoms with van der Waals surface area (Å²) in [4.78, 5) is 10.1. The molecule has 0 aliphatic heterocycles. The van der Waals surface area contributed by atoms with E-state index < -0.39 is 14.0 Å². The molecule has 0 rings (SSSR count). The van der Waals surface area contributed by atoms with E-state index in [0.29, 0.717) is 0 Å². The van der Waals surface area contributed by atoms with E-state index in [0.717, 1.165) is 6.08 Å². The zero-order valence-corrected chi connectivity index (χ0v) is 5.02. The lowest BCUT2D eigenvalue weighted by molar-refractivity contribution is -0.114. The highest BCUT2D eigenvalue weighted by Gasteiger charge is 2.08. The van der Waals surface area contributed by atoms with Crippen LogP contribution in [0.15, 0.2) is 12.7 Å². The standard InChI is InChI=1S/C3H5N2O2P/c1-2-3(6)5-8(4)7/h2H,1H2,(H2-,4,5,6,7)/p+1. The summed E-state index contributed by atoms with van der Waals surface area (Å²) in [6.45, 7) is 3.12. The minimum Gasteiger partial charge on any atom is -0.266 e. The van der Waals surface area contributed by atoms with E-state index in [4.69, 9.17) is 5.50 Å². The summed E-state index contributed by atoms with van der Waals surface area (Å²) in [5, 5.41) is 1.92. The maximum absolute atomic E-state index is 10.1. The fraction of sp³-hybridized carbons (Fsp3) is 0. The van der Waals surface area contributed by atoms with Gasteiger partial charge in [0.05, 0.1) is 0 Å². The van der Waals surface area contributed by atoms with Gasteiger partial charge in [0.25, 0.3) is 5.91 Å². The Morgan fingerprint density at radius 2 is 2.38 bits per heavy atom. The Kier molecular flexibility index (Phi) is 2.99. The maximum Gasteiger partial charge on any atom is 0.561 e. The summed E-state index contributed by atoms with van der Waals surface area (Å²) < 4.78 is 9.96.